The highest BCUT2D eigenvalue weighted by Gasteiger charge is 2.34. The molecule has 160 valence electrons. The Morgan fingerprint density at radius 3 is 2.50 bits per heavy atom. The van der Waals surface area contributed by atoms with Crippen LogP contribution in [0.5, 0.6) is 5.88 Å². The second-order valence-corrected chi connectivity index (χ2v) is 8.71. The van der Waals surface area contributed by atoms with Gasteiger partial charge in [-0.25, -0.2) is 4.98 Å². The van der Waals surface area contributed by atoms with E-state index in [0.717, 1.165) is 55.0 Å². The third-order valence-electron chi connectivity index (χ3n) is 5.94. The number of piperidine rings is 1. The second-order valence-electron chi connectivity index (χ2n) is 7.70. The number of nitrogens with zero attached hydrogens (tertiary/aromatic N) is 4. The van der Waals surface area contributed by atoms with E-state index in [-0.39, 0.29) is 23.8 Å². The van der Waals surface area contributed by atoms with E-state index in [0.29, 0.717) is 4.96 Å². The Kier molecular flexibility index (Phi) is 6.06. The van der Waals surface area contributed by atoms with E-state index in [9.17, 15) is 9.90 Å². The summed E-state index contributed by atoms with van der Waals surface area (Å²) < 4.78 is 6.48. The predicted octanol–water partition coefficient (Wildman–Crippen LogP) is 3.60. The lowest BCUT2D eigenvalue weighted by atomic mass is 9.93. The minimum atomic E-state index is -0.132. The number of hydrogen-bond donors (Lipinski definition) is 1. The van der Waals surface area contributed by atoms with Gasteiger partial charge in [-0.2, -0.15) is 4.52 Å². The third-order valence-corrected chi connectivity index (χ3v) is 7.01. The van der Waals surface area contributed by atoms with E-state index in [1.165, 1.54) is 24.0 Å². The number of likely N-dealkylation sites (tertiary alicyclic amines) is 1. The number of methoxy groups -OCH3 is 1. The molecule has 1 aliphatic rings. The molecule has 8 heteroatoms. The van der Waals surface area contributed by atoms with Crippen molar-refractivity contribution in [3.05, 3.63) is 46.1 Å². The van der Waals surface area contributed by atoms with Gasteiger partial charge in [0.15, 0.2) is 5.82 Å². The van der Waals surface area contributed by atoms with Gasteiger partial charge in [-0.15, -0.1) is 5.10 Å². The molecule has 1 unspecified atom stereocenters. The molecule has 1 aromatic carbocycles. The van der Waals surface area contributed by atoms with E-state index in [1.54, 1.807) is 4.52 Å². The first kappa shape index (κ1) is 20.8. The molecule has 2 aromatic heterocycles. The smallest absolute Gasteiger partial charge is 0.308 e. The molecular weight excluding hydrogens is 400 g/mol. The van der Waals surface area contributed by atoms with Gasteiger partial charge < -0.3 is 9.84 Å². The standard InChI is InChI=1S/C22H28N4O3S/c1-4-14-6-8-15(9-7-14)18(25-12-10-16(11-13-25)21(28)29-3)19-20(27)26-22(30-19)23-17(5-2)24-26/h6-9,16,18,27H,4-5,10-13H2,1-3H3. The zero-order chi connectivity index (χ0) is 21.3. The predicted molar refractivity (Wildman–Crippen MR) is 116 cm³/mol. The first-order valence-corrected chi connectivity index (χ1v) is 11.3. The minimum Gasteiger partial charge on any atom is -0.492 e. The molecule has 1 atom stereocenters. The summed E-state index contributed by atoms with van der Waals surface area (Å²) in [6.45, 7) is 5.66. The number of hydrogen-bond acceptors (Lipinski definition) is 7. The van der Waals surface area contributed by atoms with Crippen molar-refractivity contribution < 1.29 is 14.6 Å². The summed E-state index contributed by atoms with van der Waals surface area (Å²) in [5.74, 6) is 0.692. The van der Waals surface area contributed by atoms with Crippen LogP contribution in [0, 0.1) is 5.92 Å². The number of ether oxygens (including phenoxy) is 1. The van der Waals surface area contributed by atoms with Crippen LogP contribution in [0.2, 0.25) is 0 Å². The molecule has 7 nitrogen and oxygen atoms in total. The van der Waals surface area contributed by atoms with Crippen molar-refractivity contribution in [2.75, 3.05) is 20.2 Å². The van der Waals surface area contributed by atoms with Gasteiger partial charge in [0.2, 0.25) is 10.8 Å². The largest absolute Gasteiger partial charge is 0.492 e. The molecule has 1 aliphatic heterocycles. The number of carbonyl (C=O) groups is 1. The molecule has 1 saturated heterocycles. The molecule has 3 aromatic rings. The van der Waals surface area contributed by atoms with Crippen molar-refractivity contribution in [3.8, 4) is 5.88 Å². The summed E-state index contributed by atoms with van der Waals surface area (Å²) in [4.78, 5) is 20.4. The maximum Gasteiger partial charge on any atom is 0.308 e. The Bertz CT molecular complexity index is 1020. The molecule has 0 aliphatic carbocycles. The minimum absolute atomic E-state index is 0.0580. The molecule has 0 amide bonds. The Morgan fingerprint density at radius 2 is 1.93 bits per heavy atom. The third kappa shape index (κ3) is 3.81. The molecule has 3 heterocycles. The number of carbonyl (C=O) groups excluding carboxylic acids is 1. The number of aryl methyl sites for hydroxylation is 2. The fraction of sp³-hybridized carbons (Fsp3) is 0.500. The maximum atomic E-state index is 12.0. The lowest BCUT2D eigenvalue weighted by molar-refractivity contribution is -0.147. The van der Waals surface area contributed by atoms with Crippen molar-refractivity contribution in [2.24, 2.45) is 5.92 Å². The van der Waals surface area contributed by atoms with Gasteiger partial charge in [-0.3, -0.25) is 9.69 Å². The van der Waals surface area contributed by atoms with Crippen LogP contribution in [0.25, 0.3) is 4.96 Å². The van der Waals surface area contributed by atoms with E-state index < -0.39 is 0 Å². The van der Waals surface area contributed by atoms with Crippen molar-refractivity contribution in [1.29, 1.82) is 0 Å². The van der Waals surface area contributed by atoms with E-state index in [1.807, 2.05) is 6.92 Å². The molecule has 0 radical (unpaired) electrons. The normalized spacial score (nSPS) is 16.8. The molecule has 1 fully saturated rings. The Labute approximate surface area is 180 Å². The number of fused-ring (bicyclic) bond motifs is 1. The van der Waals surface area contributed by atoms with Gasteiger partial charge >= 0.3 is 5.97 Å². The molecule has 0 bridgehead atoms. The van der Waals surface area contributed by atoms with Crippen LogP contribution in [-0.4, -0.2) is 50.8 Å². The van der Waals surface area contributed by atoms with Crippen LogP contribution in [0.15, 0.2) is 24.3 Å². The van der Waals surface area contributed by atoms with Crippen LogP contribution in [-0.2, 0) is 22.4 Å². The lowest BCUT2D eigenvalue weighted by Gasteiger charge is -2.36. The number of rotatable bonds is 6. The van der Waals surface area contributed by atoms with E-state index >= 15 is 0 Å². The highest BCUT2D eigenvalue weighted by Crippen LogP contribution is 2.41. The Hall–Kier alpha value is -2.45. The second kappa shape index (κ2) is 8.73. The Morgan fingerprint density at radius 1 is 1.23 bits per heavy atom. The zero-order valence-corrected chi connectivity index (χ0v) is 18.5. The van der Waals surface area contributed by atoms with Crippen molar-refractivity contribution >= 4 is 22.3 Å². The van der Waals surface area contributed by atoms with Gasteiger partial charge in [-0.1, -0.05) is 49.4 Å². The topological polar surface area (TPSA) is 80.0 Å². The van der Waals surface area contributed by atoms with Gasteiger partial charge in [0.05, 0.1) is 23.9 Å². The maximum absolute atomic E-state index is 12.0. The SMILES string of the molecule is CCc1ccc(C(c2sc3nc(CC)nn3c2O)N2CCC(C(=O)OC)CC2)cc1. The molecule has 30 heavy (non-hydrogen) atoms. The monoisotopic (exact) mass is 428 g/mol. The summed E-state index contributed by atoms with van der Waals surface area (Å²) >= 11 is 1.48. The molecule has 0 saturated carbocycles. The molecule has 4 rings (SSSR count). The van der Waals surface area contributed by atoms with Crippen LogP contribution in [0.4, 0.5) is 0 Å². The molecule has 1 N–H and O–H groups in total. The summed E-state index contributed by atoms with van der Waals surface area (Å²) in [5.41, 5.74) is 2.40. The highest BCUT2D eigenvalue weighted by atomic mass is 32.1. The fourth-order valence-electron chi connectivity index (χ4n) is 4.14. The summed E-state index contributed by atoms with van der Waals surface area (Å²) in [7, 11) is 1.45. The first-order chi connectivity index (χ1) is 14.5. The van der Waals surface area contributed by atoms with Crippen molar-refractivity contribution in [1.82, 2.24) is 19.5 Å². The average molecular weight is 429 g/mol. The number of benzene rings is 1. The van der Waals surface area contributed by atoms with Crippen molar-refractivity contribution in [2.45, 2.75) is 45.6 Å². The number of aromatic nitrogens is 3. The lowest BCUT2D eigenvalue weighted by Crippen LogP contribution is -2.39. The fourth-order valence-corrected chi connectivity index (χ4v) is 5.28. The van der Waals surface area contributed by atoms with Gasteiger partial charge in [0.25, 0.3) is 0 Å². The number of esters is 1. The number of aromatic hydroxyl groups is 1. The van der Waals surface area contributed by atoms with Gasteiger partial charge in [0, 0.05) is 6.42 Å². The summed E-state index contributed by atoms with van der Waals surface area (Å²) in [5, 5.41) is 15.4. The van der Waals surface area contributed by atoms with Crippen LogP contribution in [0.1, 0.15) is 54.6 Å². The van der Waals surface area contributed by atoms with Gasteiger partial charge in [0.1, 0.15) is 0 Å². The van der Waals surface area contributed by atoms with Crippen LogP contribution < -0.4 is 0 Å². The molecular formula is C22H28N4O3S. The molecule has 0 spiro atoms. The number of thiazole rings is 1. The quantitative estimate of drug-likeness (QED) is 0.605. The summed E-state index contributed by atoms with van der Waals surface area (Å²) in [6.07, 6.45) is 3.21. The highest BCUT2D eigenvalue weighted by molar-refractivity contribution is 7.17. The zero-order valence-electron chi connectivity index (χ0n) is 17.7. The average Bonchev–Trinajstić information content (AvgIpc) is 3.33. The first-order valence-electron chi connectivity index (χ1n) is 10.5. The van der Waals surface area contributed by atoms with Crippen molar-refractivity contribution in [3.63, 3.8) is 0 Å². The van der Waals surface area contributed by atoms with Crippen LogP contribution in [0.3, 0.4) is 0 Å². The van der Waals surface area contributed by atoms with E-state index in [4.69, 9.17) is 4.74 Å². The summed E-state index contributed by atoms with van der Waals surface area (Å²) in [6, 6.07) is 8.47. The van der Waals surface area contributed by atoms with E-state index in [2.05, 4.69) is 46.2 Å². The van der Waals surface area contributed by atoms with Crippen LogP contribution >= 0.6 is 11.3 Å². The Balaban J connectivity index is 1.70. The van der Waals surface area contributed by atoms with Gasteiger partial charge in [-0.05, 0) is 43.5 Å².